The molecular weight excluding hydrogens is 216 g/mol. The number of rotatable bonds is 4. The molecule has 0 radical (unpaired) electrons. The standard InChI is InChI=1S/C9H12N2O3S/c1-3-6(9(13)14)15-7-8(12)11(2)5-4-10-7/h4-6H,3H2,1-2H3,(H,13,14). The maximum Gasteiger partial charge on any atom is 0.317 e. The summed E-state index contributed by atoms with van der Waals surface area (Å²) in [5.74, 6) is -0.921. The molecule has 82 valence electrons. The molecule has 1 heterocycles. The Bertz CT molecular complexity index is 416. The molecule has 0 amide bonds. The minimum absolute atomic E-state index is 0.231. The Morgan fingerprint density at radius 2 is 2.40 bits per heavy atom. The minimum atomic E-state index is -0.921. The van der Waals surface area contributed by atoms with E-state index < -0.39 is 11.2 Å². The second kappa shape index (κ2) is 4.97. The predicted octanol–water partition coefficient (Wildman–Crippen LogP) is 0.736. The zero-order valence-corrected chi connectivity index (χ0v) is 9.32. The molecule has 0 saturated carbocycles. The zero-order chi connectivity index (χ0) is 11.4. The molecule has 0 spiro atoms. The van der Waals surface area contributed by atoms with Crippen LogP contribution in [0.1, 0.15) is 13.3 Å². The molecule has 0 saturated heterocycles. The van der Waals surface area contributed by atoms with Crippen LogP contribution in [-0.4, -0.2) is 25.9 Å². The summed E-state index contributed by atoms with van der Waals surface area (Å²) in [5, 5.41) is 8.45. The van der Waals surface area contributed by atoms with Crippen LogP contribution in [-0.2, 0) is 11.8 Å². The number of aryl methyl sites for hydroxylation is 1. The second-order valence-electron chi connectivity index (χ2n) is 3.00. The van der Waals surface area contributed by atoms with Gasteiger partial charge in [0.1, 0.15) is 5.25 Å². The van der Waals surface area contributed by atoms with Gasteiger partial charge in [-0.1, -0.05) is 18.7 Å². The first-order valence-electron chi connectivity index (χ1n) is 4.47. The SMILES string of the molecule is CCC(Sc1nccn(C)c1=O)C(=O)O. The van der Waals surface area contributed by atoms with E-state index in [1.165, 1.54) is 17.0 Å². The van der Waals surface area contributed by atoms with Crippen molar-refractivity contribution < 1.29 is 9.90 Å². The molecule has 1 N–H and O–H groups in total. The molecule has 0 aliphatic rings. The molecule has 0 aromatic carbocycles. The first-order valence-corrected chi connectivity index (χ1v) is 5.35. The van der Waals surface area contributed by atoms with Gasteiger partial charge in [-0.3, -0.25) is 9.59 Å². The van der Waals surface area contributed by atoms with Crippen molar-refractivity contribution in [2.75, 3.05) is 0 Å². The fraction of sp³-hybridized carbons (Fsp3) is 0.444. The number of carboxylic acid groups (broad SMARTS) is 1. The van der Waals surface area contributed by atoms with Gasteiger partial charge < -0.3 is 9.67 Å². The van der Waals surface area contributed by atoms with Gasteiger partial charge >= 0.3 is 5.97 Å². The van der Waals surface area contributed by atoms with Gasteiger partial charge in [-0.15, -0.1) is 0 Å². The summed E-state index contributed by atoms with van der Waals surface area (Å²) in [6.07, 6.45) is 3.48. The molecule has 1 atom stereocenters. The third-order valence-electron chi connectivity index (χ3n) is 1.89. The van der Waals surface area contributed by atoms with E-state index in [2.05, 4.69) is 4.98 Å². The average molecular weight is 228 g/mol. The molecule has 1 aromatic heterocycles. The summed E-state index contributed by atoms with van der Waals surface area (Å²) in [7, 11) is 1.61. The maximum absolute atomic E-state index is 11.5. The van der Waals surface area contributed by atoms with Gasteiger partial charge in [-0.25, -0.2) is 4.98 Å². The van der Waals surface area contributed by atoms with Crippen molar-refractivity contribution in [3.63, 3.8) is 0 Å². The smallest absolute Gasteiger partial charge is 0.317 e. The van der Waals surface area contributed by atoms with Gasteiger partial charge in [-0.2, -0.15) is 0 Å². The second-order valence-corrected chi connectivity index (χ2v) is 4.19. The normalized spacial score (nSPS) is 12.4. The highest BCUT2D eigenvalue weighted by atomic mass is 32.2. The van der Waals surface area contributed by atoms with E-state index >= 15 is 0 Å². The van der Waals surface area contributed by atoms with Crippen LogP contribution in [0.3, 0.4) is 0 Å². The lowest BCUT2D eigenvalue weighted by Gasteiger charge is -2.08. The first kappa shape index (κ1) is 11.8. The summed E-state index contributed by atoms with van der Waals surface area (Å²) in [5.41, 5.74) is -0.262. The predicted molar refractivity (Wildman–Crippen MR) is 57.0 cm³/mol. The summed E-state index contributed by atoms with van der Waals surface area (Å²) in [4.78, 5) is 26.2. The van der Waals surface area contributed by atoms with Gasteiger partial charge in [0, 0.05) is 19.4 Å². The highest BCUT2D eigenvalue weighted by molar-refractivity contribution is 8.00. The molecular formula is C9H12N2O3S. The molecule has 6 heteroatoms. The molecule has 1 aromatic rings. The number of aromatic nitrogens is 2. The number of thioether (sulfide) groups is 1. The van der Waals surface area contributed by atoms with Gasteiger partial charge in [-0.05, 0) is 6.42 Å². The third-order valence-corrected chi connectivity index (χ3v) is 3.21. The lowest BCUT2D eigenvalue weighted by molar-refractivity contribution is -0.136. The maximum atomic E-state index is 11.5. The monoisotopic (exact) mass is 228 g/mol. The van der Waals surface area contributed by atoms with E-state index in [0.29, 0.717) is 6.42 Å². The summed E-state index contributed by atoms with van der Waals surface area (Å²) < 4.78 is 1.38. The fourth-order valence-corrected chi connectivity index (χ4v) is 1.90. The molecule has 0 aliphatic carbocycles. The highest BCUT2D eigenvalue weighted by Crippen LogP contribution is 2.20. The van der Waals surface area contributed by atoms with Crippen LogP contribution in [0.15, 0.2) is 22.2 Å². The Labute approximate surface area is 91.1 Å². The molecule has 0 bridgehead atoms. The molecule has 0 aliphatic heterocycles. The van der Waals surface area contributed by atoms with Gasteiger partial charge in [0.15, 0.2) is 5.03 Å². The highest BCUT2D eigenvalue weighted by Gasteiger charge is 2.19. The first-order chi connectivity index (χ1) is 7.06. The van der Waals surface area contributed by atoms with E-state index in [0.717, 1.165) is 11.8 Å². The van der Waals surface area contributed by atoms with Crippen LogP contribution in [0.25, 0.3) is 0 Å². The lowest BCUT2D eigenvalue weighted by Crippen LogP contribution is -2.22. The van der Waals surface area contributed by atoms with E-state index in [9.17, 15) is 9.59 Å². The van der Waals surface area contributed by atoms with E-state index in [1.807, 2.05) is 0 Å². The number of carbonyl (C=O) groups is 1. The molecule has 15 heavy (non-hydrogen) atoms. The number of aliphatic carboxylic acids is 1. The van der Waals surface area contributed by atoms with Gasteiger partial charge in [0.2, 0.25) is 0 Å². The number of hydrogen-bond acceptors (Lipinski definition) is 4. The van der Waals surface area contributed by atoms with Crippen LogP contribution in [0.4, 0.5) is 0 Å². The van der Waals surface area contributed by atoms with Crippen LogP contribution < -0.4 is 5.56 Å². The van der Waals surface area contributed by atoms with Gasteiger partial charge in [0.05, 0.1) is 0 Å². The van der Waals surface area contributed by atoms with Crippen molar-refractivity contribution in [3.8, 4) is 0 Å². The number of hydrogen-bond donors (Lipinski definition) is 1. The van der Waals surface area contributed by atoms with Crippen molar-refractivity contribution in [3.05, 3.63) is 22.7 Å². The Morgan fingerprint density at radius 3 is 2.93 bits per heavy atom. The Hall–Kier alpha value is -1.30. The quantitative estimate of drug-likeness (QED) is 0.769. The Kier molecular flexibility index (Phi) is 3.90. The molecule has 0 fully saturated rings. The number of nitrogens with zero attached hydrogens (tertiary/aromatic N) is 2. The van der Waals surface area contributed by atoms with Crippen molar-refractivity contribution in [1.29, 1.82) is 0 Å². The fourth-order valence-electron chi connectivity index (χ4n) is 0.999. The Morgan fingerprint density at radius 1 is 1.73 bits per heavy atom. The van der Waals surface area contributed by atoms with Crippen LogP contribution in [0, 0.1) is 0 Å². The van der Waals surface area contributed by atoms with Crippen molar-refractivity contribution in [2.24, 2.45) is 7.05 Å². The van der Waals surface area contributed by atoms with Gasteiger partial charge in [0.25, 0.3) is 5.56 Å². The average Bonchev–Trinajstić information content (AvgIpc) is 2.19. The van der Waals surface area contributed by atoms with Crippen LogP contribution in [0.2, 0.25) is 0 Å². The third kappa shape index (κ3) is 2.82. The van der Waals surface area contributed by atoms with Crippen molar-refractivity contribution in [1.82, 2.24) is 9.55 Å². The summed E-state index contributed by atoms with van der Waals surface area (Å²) in [6, 6.07) is 0. The largest absolute Gasteiger partial charge is 0.480 e. The van der Waals surface area contributed by atoms with E-state index in [4.69, 9.17) is 5.11 Å². The minimum Gasteiger partial charge on any atom is -0.480 e. The zero-order valence-electron chi connectivity index (χ0n) is 8.51. The van der Waals surface area contributed by atoms with Crippen molar-refractivity contribution >= 4 is 17.7 Å². The molecule has 5 nitrogen and oxygen atoms in total. The summed E-state index contributed by atoms with van der Waals surface area (Å²) in [6.45, 7) is 1.76. The topological polar surface area (TPSA) is 72.2 Å². The van der Waals surface area contributed by atoms with E-state index in [-0.39, 0.29) is 10.6 Å². The van der Waals surface area contributed by atoms with Crippen LogP contribution in [0.5, 0.6) is 0 Å². The lowest BCUT2D eigenvalue weighted by atomic mass is 10.3. The molecule has 1 unspecified atom stereocenters. The Balaban J connectivity index is 2.94. The number of carboxylic acids is 1. The van der Waals surface area contributed by atoms with Crippen LogP contribution >= 0.6 is 11.8 Å². The van der Waals surface area contributed by atoms with E-state index in [1.54, 1.807) is 14.0 Å². The summed E-state index contributed by atoms with van der Waals surface area (Å²) >= 11 is 0.994. The molecule has 1 rings (SSSR count). The van der Waals surface area contributed by atoms with Crippen molar-refractivity contribution in [2.45, 2.75) is 23.6 Å².